The summed E-state index contributed by atoms with van der Waals surface area (Å²) in [5.74, 6) is -1.06. The molecule has 1 rings (SSSR count). The number of ether oxygens (including phenoxy) is 1. The highest BCUT2D eigenvalue weighted by atomic mass is 35.5. The molecular formula is C10H12ClN3O4. The van der Waals surface area contributed by atoms with Crippen LogP contribution in [-0.2, 0) is 9.59 Å². The van der Waals surface area contributed by atoms with Crippen molar-refractivity contribution in [3.05, 3.63) is 11.2 Å². The molecule has 1 aromatic heterocycles. The molecule has 18 heavy (non-hydrogen) atoms. The first-order chi connectivity index (χ1) is 8.51. The lowest BCUT2D eigenvalue weighted by Crippen LogP contribution is -2.14. The Hall–Kier alpha value is -1.89. The van der Waals surface area contributed by atoms with Crippen molar-refractivity contribution in [1.82, 2.24) is 9.97 Å². The molecule has 0 unspecified atom stereocenters. The average Bonchev–Trinajstić information content (AvgIpc) is 2.27. The third kappa shape index (κ3) is 4.96. The number of carbonyl (C=O) groups is 2. The predicted molar refractivity (Wildman–Crippen MR) is 63.7 cm³/mol. The zero-order chi connectivity index (χ0) is 13.5. The van der Waals surface area contributed by atoms with Crippen LogP contribution < -0.4 is 10.1 Å². The SMILES string of the molecule is COc1cc(Cl)nc(NC(=O)CCCC(=O)O)n1. The van der Waals surface area contributed by atoms with E-state index in [1.807, 2.05) is 0 Å². The first-order valence-corrected chi connectivity index (χ1v) is 5.49. The minimum absolute atomic E-state index is 0.0275. The monoisotopic (exact) mass is 273 g/mol. The summed E-state index contributed by atoms with van der Waals surface area (Å²) < 4.78 is 4.87. The molecule has 0 aliphatic rings. The van der Waals surface area contributed by atoms with Crippen LogP contribution in [0.5, 0.6) is 5.88 Å². The Morgan fingerprint density at radius 1 is 1.44 bits per heavy atom. The zero-order valence-corrected chi connectivity index (χ0v) is 10.4. The fourth-order valence-corrected chi connectivity index (χ4v) is 1.32. The van der Waals surface area contributed by atoms with Crippen LogP contribution in [0.15, 0.2) is 6.07 Å². The van der Waals surface area contributed by atoms with Gasteiger partial charge in [0.2, 0.25) is 17.7 Å². The summed E-state index contributed by atoms with van der Waals surface area (Å²) in [7, 11) is 1.41. The van der Waals surface area contributed by atoms with Crippen molar-refractivity contribution in [1.29, 1.82) is 0 Å². The van der Waals surface area contributed by atoms with Crippen molar-refractivity contribution >= 4 is 29.4 Å². The smallest absolute Gasteiger partial charge is 0.303 e. The van der Waals surface area contributed by atoms with E-state index in [0.717, 1.165) is 0 Å². The highest BCUT2D eigenvalue weighted by Gasteiger charge is 2.08. The Balaban J connectivity index is 2.53. The van der Waals surface area contributed by atoms with Gasteiger partial charge in [0.25, 0.3) is 0 Å². The molecule has 0 saturated heterocycles. The van der Waals surface area contributed by atoms with E-state index >= 15 is 0 Å². The maximum absolute atomic E-state index is 11.4. The van der Waals surface area contributed by atoms with E-state index in [1.54, 1.807) is 0 Å². The lowest BCUT2D eigenvalue weighted by atomic mass is 10.2. The van der Waals surface area contributed by atoms with Crippen LogP contribution >= 0.6 is 11.6 Å². The van der Waals surface area contributed by atoms with Gasteiger partial charge >= 0.3 is 5.97 Å². The number of carboxylic acids is 1. The second-order valence-electron chi connectivity index (χ2n) is 3.35. The molecule has 1 heterocycles. The number of aromatic nitrogens is 2. The van der Waals surface area contributed by atoms with E-state index in [0.29, 0.717) is 0 Å². The third-order valence-electron chi connectivity index (χ3n) is 1.93. The summed E-state index contributed by atoms with van der Waals surface area (Å²) in [5, 5.41) is 11.0. The van der Waals surface area contributed by atoms with Crippen LogP contribution in [0.1, 0.15) is 19.3 Å². The molecule has 2 N–H and O–H groups in total. The fraction of sp³-hybridized carbons (Fsp3) is 0.400. The maximum Gasteiger partial charge on any atom is 0.303 e. The Morgan fingerprint density at radius 3 is 2.78 bits per heavy atom. The fourth-order valence-electron chi connectivity index (χ4n) is 1.14. The van der Waals surface area contributed by atoms with Crippen molar-refractivity contribution in [3.63, 3.8) is 0 Å². The van der Waals surface area contributed by atoms with Crippen molar-refractivity contribution in [2.24, 2.45) is 0 Å². The van der Waals surface area contributed by atoms with Gasteiger partial charge in [-0.05, 0) is 6.42 Å². The molecule has 1 amide bonds. The van der Waals surface area contributed by atoms with Gasteiger partial charge in [0.05, 0.1) is 7.11 Å². The van der Waals surface area contributed by atoms with Gasteiger partial charge in [-0.2, -0.15) is 4.98 Å². The van der Waals surface area contributed by atoms with Gasteiger partial charge in [0.1, 0.15) is 5.15 Å². The summed E-state index contributed by atoms with van der Waals surface area (Å²) in [4.78, 5) is 29.4. The number of nitrogens with one attached hydrogen (secondary N) is 1. The molecule has 8 heteroatoms. The van der Waals surface area contributed by atoms with Gasteiger partial charge in [0.15, 0.2) is 0 Å². The van der Waals surface area contributed by atoms with Gasteiger partial charge in [-0.15, -0.1) is 0 Å². The Bertz CT molecular complexity index is 453. The quantitative estimate of drug-likeness (QED) is 0.758. The molecule has 0 radical (unpaired) electrons. The van der Waals surface area contributed by atoms with Crippen molar-refractivity contribution in [3.8, 4) is 5.88 Å². The molecule has 0 saturated carbocycles. The number of amides is 1. The molecule has 7 nitrogen and oxygen atoms in total. The van der Waals surface area contributed by atoms with Gasteiger partial charge in [-0.25, -0.2) is 4.98 Å². The largest absolute Gasteiger partial charge is 0.481 e. The van der Waals surface area contributed by atoms with Gasteiger partial charge in [-0.1, -0.05) is 11.6 Å². The Labute approximate surface area is 108 Å². The molecule has 0 aliphatic carbocycles. The lowest BCUT2D eigenvalue weighted by Gasteiger charge is -2.05. The predicted octanol–water partition coefficient (Wildman–Crippen LogP) is 1.33. The highest BCUT2D eigenvalue weighted by Crippen LogP contribution is 2.15. The second-order valence-corrected chi connectivity index (χ2v) is 3.74. The van der Waals surface area contributed by atoms with Crippen molar-refractivity contribution < 1.29 is 19.4 Å². The molecule has 0 bridgehead atoms. The Kier molecular flexibility index (Phi) is 5.31. The van der Waals surface area contributed by atoms with Gasteiger partial charge < -0.3 is 9.84 Å². The van der Waals surface area contributed by atoms with Crippen molar-refractivity contribution in [2.45, 2.75) is 19.3 Å². The van der Waals surface area contributed by atoms with Crippen LogP contribution in [0, 0.1) is 0 Å². The number of rotatable bonds is 6. The van der Waals surface area contributed by atoms with E-state index in [1.165, 1.54) is 13.2 Å². The van der Waals surface area contributed by atoms with Crippen molar-refractivity contribution in [2.75, 3.05) is 12.4 Å². The summed E-state index contributed by atoms with van der Waals surface area (Å²) in [6, 6.07) is 1.40. The molecule has 98 valence electrons. The topological polar surface area (TPSA) is 101 Å². The minimum atomic E-state index is -0.941. The maximum atomic E-state index is 11.4. The van der Waals surface area contributed by atoms with E-state index < -0.39 is 5.97 Å². The highest BCUT2D eigenvalue weighted by molar-refractivity contribution is 6.29. The van der Waals surface area contributed by atoms with Crippen LogP contribution in [0.4, 0.5) is 5.95 Å². The summed E-state index contributed by atoms with van der Waals surface area (Å²) >= 11 is 5.70. The minimum Gasteiger partial charge on any atom is -0.481 e. The van der Waals surface area contributed by atoms with Crippen LogP contribution in [0.3, 0.4) is 0 Å². The van der Waals surface area contributed by atoms with E-state index in [4.69, 9.17) is 21.4 Å². The lowest BCUT2D eigenvalue weighted by molar-refractivity contribution is -0.137. The summed E-state index contributed by atoms with van der Waals surface area (Å²) in [5.41, 5.74) is 0. The standard InChI is InChI=1S/C10H12ClN3O4/c1-18-8-5-6(11)12-10(14-8)13-7(15)3-2-4-9(16)17/h5H,2-4H2,1H3,(H,16,17)(H,12,13,14,15). The van der Waals surface area contributed by atoms with E-state index in [2.05, 4.69) is 15.3 Å². The zero-order valence-electron chi connectivity index (χ0n) is 9.64. The molecule has 0 fully saturated rings. The number of carbonyl (C=O) groups excluding carboxylic acids is 1. The van der Waals surface area contributed by atoms with Gasteiger partial charge in [0, 0.05) is 18.9 Å². The van der Waals surface area contributed by atoms with E-state index in [-0.39, 0.29) is 42.2 Å². The molecule has 0 spiro atoms. The Morgan fingerprint density at radius 2 is 2.17 bits per heavy atom. The first kappa shape index (κ1) is 14.2. The van der Waals surface area contributed by atoms with Crippen LogP contribution in [-0.4, -0.2) is 34.1 Å². The number of methoxy groups -OCH3 is 1. The molecular weight excluding hydrogens is 262 g/mol. The number of anilines is 1. The normalized spacial score (nSPS) is 9.89. The van der Waals surface area contributed by atoms with Gasteiger partial charge in [-0.3, -0.25) is 14.9 Å². The number of halogens is 1. The number of hydrogen-bond donors (Lipinski definition) is 2. The van der Waals surface area contributed by atoms with E-state index in [9.17, 15) is 9.59 Å². The molecule has 0 aliphatic heterocycles. The average molecular weight is 274 g/mol. The summed E-state index contributed by atoms with van der Waals surface area (Å²) in [6.07, 6.45) is 0.260. The first-order valence-electron chi connectivity index (χ1n) is 5.11. The summed E-state index contributed by atoms with van der Waals surface area (Å²) in [6.45, 7) is 0. The molecule has 1 aromatic rings. The number of carboxylic acid groups (broad SMARTS) is 1. The van der Waals surface area contributed by atoms with Crippen LogP contribution in [0.25, 0.3) is 0 Å². The number of hydrogen-bond acceptors (Lipinski definition) is 5. The molecule has 0 aromatic carbocycles. The number of nitrogens with zero attached hydrogens (tertiary/aromatic N) is 2. The van der Waals surface area contributed by atoms with Crippen LogP contribution in [0.2, 0.25) is 5.15 Å². The second kappa shape index (κ2) is 6.75. The third-order valence-corrected chi connectivity index (χ3v) is 2.12. The number of aliphatic carboxylic acids is 1. The molecule has 0 atom stereocenters.